The average Bonchev–Trinajstić information content (AvgIpc) is 3.56. The third-order valence-corrected chi connectivity index (χ3v) is 5.76. The molecule has 1 fully saturated rings. The van der Waals surface area contributed by atoms with Crippen molar-refractivity contribution in [3.63, 3.8) is 0 Å². The van der Waals surface area contributed by atoms with Gasteiger partial charge in [0.25, 0.3) is 5.56 Å². The summed E-state index contributed by atoms with van der Waals surface area (Å²) in [4.78, 5) is 33.1. The van der Waals surface area contributed by atoms with E-state index in [0.717, 1.165) is 30.5 Å². The van der Waals surface area contributed by atoms with Crippen LogP contribution in [0.15, 0.2) is 35.3 Å². The number of pyridine rings is 2. The van der Waals surface area contributed by atoms with Gasteiger partial charge in [0, 0.05) is 23.4 Å². The van der Waals surface area contributed by atoms with E-state index in [9.17, 15) is 18.4 Å². The van der Waals surface area contributed by atoms with Crippen LogP contribution in [0, 0.1) is 11.6 Å². The highest BCUT2D eigenvalue weighted by Gasteiger charge is 2.35. The number of benzene rings is 1. The summed E-state index contributed by atoms with van der Waals surface area (Å²) < 4.78 is 32.7. The number of aromatic amines is 1. The van der Waals surface area contributed by atoms with Crippen LogP contribution in [0.4, 0.5) is 8.78 Å². The molecule has 162 valence electrons. The minimum Gasteiger partial charge on any atom is -0.480 e. The molecule has 1 aliphatic carbocycles. The van der Waals surface area contributed by atoms with Gasteiger partial charge in [0.2, 0.25) is 11.8 Å². The maximum atomic E-state index is 14.1. The highest BCUT2D eigenvalue weighted by atomic mass is 19.1. The molecule has 0 spiro atoms. The average molecular weight is 427 g/mol. The van der Waals surface area contributed by atoms with Gasteiger partial charge in [0.1, 0.15) is 11.6 Å². The van der Waals surface area contributed by atoms with Crippen LogP contribution in [0.5, 0.6) is 5.88 Å². The predicted octanol–water partition coefficient (Wildman–Crippen LogP) is 4.07. The third-order valence-electron chi connectivity index (χ3n) is 5.76. The van der Waals surface area contributed by atoms with Crippen LogP contribution >= 0.6 is 0 Å². The zero-order valence-corrected chi connectivity index (χ0v) is 17.5. The molecule has 4 rings (SSSR count). The number of amides is 1. The van der Waals surface area contributed by atoms with Gasteiger partial charge in [-0.1, -0.05) is 6.07 Å². The minimum absolute atomic E-state index is 0.153. The molecule has 0 radical (unpaired) electrons. The van der Waals surface area contributed by atoms with E-state index in [0.29, 0.717) is 22.3 Å². The summed E-state index contributed by atoms with van der Waals surface area (Å²) >= 11 is 0. The number of carbonyl (C=O) groups excluding carboxylic acids is 1. The van der Waals surface area contributed by atoms with Gasteiger partial charge in [-0.2, -0.15) is 0 Å². The van der Waals surface area contributed by atoms with E-state index in [1.807, 2.05) is 0 Å². The fraction of sp³-hybridized carbons (Fsp3) is 0.348. The summed E-state index contributed by atoms with van der Waals surface area (Å²) in [5, 5.41) is 3.45. The number of hydrogen-bond donors (Lipinski definition) is 2. The Labute approximate surface area is 177 Å². The van der Waals surface area contributed by atoms with Gasteiger partial charge < -0.3 is 15.0 Å². The van der Waals surface area contributed by atoms with Gasteiger partial charge in [0.15, 0.2) is 0 Å². The number of hydrogen-bond acceptors (Lipinski definition) is 4. The monoisotopic (exact) mass is 427 g/mol. The molecule has 0 bridgehead atoms. The maximum absolute atomic E-state index is 14.1. The molecule has 31 heavy (non-hydrogen) atoms. The Morgan fingerprint density at radius 3 is 2.65 bits per heavy atom. The number of H-pyrrole nitrogens is 1. The van der Waals surface area contributed by atoms with Crippen LogP contribution < -0.4 is 15.6 Å². The van der Waals surface area contributed by atoms with Crippen molar-refractivity contribution in [2.24, 2.45) is 0 Å². The molecule has 3 aromatic rings. The second-order valence-electron chi connectivity index (χ2n) is 7.92. The van der Waals surface area contributed by atoms with Crippen molar-refractivity contribution >= 4 is 16.8 Å². The first kappa shape index (κ1) is 21.0. The summed E-state index contributed by atoms with van der Waals surface area (Å²) in [5.74, 6) is -2.09. The van der Waals surface area contributed by atoms with Crippen molar-refractivity contribution in [1.82, 2.24) is 15.3 Å². The van der Waals surface area contributed by atoms with Crippen molar-refractivity contribution in [3.05, 3.63) is 69.1 Å². The van der Waals surface area contributed by atoms with Gasteiger partial charge in [-0.3, -0.25) is 9.59 Å². The zero-order chi connectivity index (χ0) is 22.3. The number of nitrogens with one attached hydrogen (secondary N) is 2. The lowest BCUT2D eigenvalue weighted by molar-refractivity contribution is -0.122. The van der Waals surface area contributed by atoms with Crippen molar-refractivity contribution in [3.8, 4) is 5.88 Å². The fourth-order valence-corrected chi connectivity index (χ4v) is 4.03. The maximum Gasteiger partial charge on any atom is 0.252 e. The van der Waals surface area contributed by atoms with Crippen LogP contribution in [0.1, 0.15) is 61.3 Å². The van der Waals surface area contributed by atoms with Gasteiger partial charge >= 0.3 is 0 Å². The van der Waals surface area contributed by atoms with Crippen molar-refractivity contribution in [2.45, 2.75) is 44.6 Å². The van der Waals surface area contributed by atoms with Crippen molar-refractivity contribution in [1.29, 1.82) is 0 Å². The summed E-state index contributed by atoms with van der Waals surface area (Å²) in [6, 6.07) is 4.23. The molecule has 0 saturated heterocycles. The Bertz CT molecular complexity index is 1220. The number of ether oxygens (including phenoxy) is 1. The Morgan fingerprint density at radius 2 is 2.00 bits per heavy atom. The normalized spacial score (nSPS) is 15.5. The van der Waals surface area contributed by atoms with E-state index in [1.165, 1.54) is 13.2 Å². The largest absolute Gasteiger partial charge is 0.480 e. The Hall–Kier alpha value is -3.29. The summed E-state index contributed by atoms with van der Waals surface area (Å²) in [7, 11) is 1.51. The predicted molar refractivity (Wildman–Crippen MR) is 112 cm³/mol. The van der Waals surface area contributed by atoms with Gasteiger partial charge in [-0.15, -0.1) is 0 Å². The number of halogens is 2. The molecule has 1 aromatic carbocycles. The SMILES string of the molecule is COc1nccc2[nH]c(=O)c([C@@H](C)C(=O)N[C@@H](C)c3ccc(F)cc3F)c(C3CC3)c12. The first-order valence-electron chi connectivity index (χ1n) is 10.2. The lowest BCUT2D eigenvalue weighted by Crippen LogP contribution is -2.34. The van der Waals surface area contributed by atoms with E-state index in [2.05, 4.69) is 15.3 Å². The van der Waals surface area contributed by atoms with E-state index >= 15 is 0 Å². The lowest BCUT2D eigenvalue weighted by atomic mass is 9.91. The second-order valence-corrected chi connectivity index (χ2v) is 7.92. The number of nitrogens with zero attached hydrogens (tertiary/aromatic N) is 1. The van der Waals surface area contributed by atoms with Crippen molar-refractivity contribution < 1.29 is 18.3 Å². The van der Waals surface area contributed by atoms with Gasteiger partial charge in [0.05, 0.1) is 30.0 Å². The Morgan fingerprint density at radius 1 is 1.26 bits per heavy atom. The van der Waals surface area contributed by atoms with Crippen LogP contribution in [-0.4, -0.2) is 23.0 Å². The molecular weight excluding hydrogens is 404 g/mol. The summed E-state index contributed by atoms with van der Waals surface area (Å²) in [6.07, 6.45) is 3.38. The molecule has 1 saturated carbocycles. The molecule has 0 unspecified atom stereocenters. The molecule has 0 aliphatic heterocycles. The van der Waals surface area contributed by atoms with E-state index in [-0.39, 0.29) is 17.0 Å². The standard InChI is InChI=1S/C23H23F2N3O3/c1-11(21(29)27-12(2)15-7-6-14(24)10-16(15)25)18-19(13-4-5-13)20-17(28-22(18)30)8-9-26-23(20)31-3/h6-13H,4-5H2,1-3H3,(H,27,29)(H,28,30)/t11-,12+/m1/s1. The van der Waals surface area contributed by atoms with E-state index in [4.69, 9.17) is 4.74 Å². The van der Waals surface area contributed by atoms with Crippen LogP contribution in [0.2, 0.25) is 0 Å². The lowest BCUT2D eigenvalue weighted by Gasteiger charge is -2.21. The van der Waals surface area contributed by atoms with Crippen LogP contribution in [0.3, 0.4) is 0 Å². The topological polar surface area (TPSA) is 84.1 Å². The van der Waals surface area contributed by atoms with Gasteiger partial charge in [-0.05, 0) is 50.3 Å². The number of fused-ring (bicyclic) bond motifs is 1. The fourth-order valence-electron chi connectivity index (χ4n) is 4.03. The van der Waals surface area contributed by atoms with Gasteiger partial charge in [-0.25, -0.2) is 13.8 Å². The number of methoxy groups -OCH3 is 1. The molecule has 1 aliphatic rings. The molecule has 8 heteroatoms. The molecule has 2 heterocycles. The smallest absolute Gasteiger partial charge is 0.252 e. The Kier molecular flexibility index (Phi) is 5.47. The first-order valence-corrected chi connectivity index (χ1v) is 10.2. The molecule has 2 aromatic heterocycles. The summed E-state index contributed by atoms with van der Waals surface area (Å²) in [6.45, 7) is 3.26. The highest BCUT2D eigenvalue weighted by Crippen LogP contribution is 2.47. The summed E-state index contributed by atoms with van der Waals surface area (Å²) in [5.41, 5.74) is 1.59. The highest BCUT2D eigenvalue weighted by molar-refractivity contribution is 5.91. The molecule has 2 N–H and O–H groups in total. The number of aromatic nitrogens is 2. The third kappa shape index (κ3) is 3.89. The van der Waals surface area contributed by atoms with E-state index < -0.39 is 29.5 Å². The Balaban J connectivity index is 1.72. The first-order chi connectivity index (χ1) is 14.8. The molecular formula is C23H23F2N3O3. The van der Waals surface area contributed by atoms with E-state index in [1.54, 1.807) is 26.1 Å². The zero-order valence-electron chi connectivity index (χ0n) is 17.5. The second kappa shape index (κ2) is 8.09. The number of rotatable bonds is 6. The minimum atomic E-state index is -0.792. The molecule has 1 amide bonds. The van der Waals surface area contributed by atoms with Crippen LogP contribution in [0.25, 0.3) is 10.9 Å². The van der Waals surface area contributed by atoms with Crippen molar-refractivity contribution in [2.75, 3.05) is 7.11 Å². The quantitative estimate of drug-likeness (QED) is 0.621. The number of carbonyl (C=O) groups is 1. The van der Waals surface area contributed by atoms with Crippen LogP contribution in [-0.2, 0) is 4.79 Å². The molecule has 2 atom stereocenters. The molecule has 6 nitrogen and oxygen atoms in total.